The van der Waals surface area contributed by atoms with E-state index in [2.05, 4.69) is 25.6 Å². The van der Waals surface area contributed by atoms with E-state index in [4.69, 9.17) is 0 Å². The molecule has 0 aliphatic rings. The molecule has 0 fully saturated rings. The second kappa shape index (κ2) is 7.26. The van der Waals surface area contributed by atoms with Crippen LogP contribution in [-0.4, -0.2) is 21.0 Å². The maximum absolute atomic E-state index is 13.0. The Morgan fingerprint density at radius 3 is 2.65 bits per heavy atom. The first-order valence-corrected chi connectivity index (χ1v) is 7.24. The number of hydrogen-bond donors (Lipinski definition) is 2. The van der Waals surface area contributed by atoms with Crippen LogP contribution in [0.25, 0.3) is 0 Å². The van der Waals surface area contributed by atoms with Crippen LogP contribution in [0.5, 0.6) is 0 Å². The van der Waals surface area contributed by atoms with Crippen LogP contribution in [0.4, 0.5) is 24.9 Å². The van der Waals surface area contributed by atoms with Gasteiger partial charge in [-0.3, -0.25) is 4.98 Å². The Hall–Kier alpha value is -2.38. The lowest BCUT2D eigenvalue weighted by Crippen LogP contribution is -2.19. The first-order chi connectivity index (χ1) is 10.9. The number of halogens is 3. The molecule has 2 N–H and O–H groups in total. The predicted molar refractivity (Wildman–Crippen MR) is 82.0 cm³/mol. The molecule has 2 aromatic rings. The van der Waals surface area contributed by atoms with E-state index >= 15 is 0 Å². The topological polar surface area (TPSA) is 62.7 Å². The van der Waals surface area contributed by atoms with Crippen molar-refractivity contribution in [1.29, 1.82) is 0 Å². The van der Waals surface area contributed by atoms with Gasteiger partial charge in [0.25, 0.3) is 0 Å². The van der Waals surface area contributed by atoms with Crippen LogP contribution in [-0.2, 0) is 12.7 Å². The molecule has 0 saturated carbocycles. The quantitative estimate of drug-likeness (QED) is 0.848. The van der Waals surface area contributed by atoms with Crippen molar-refractivity contribution in [2.75, 3.05) is 10.6 Å². The van der Waals surface area contributed by atoms with Crippen molar-refractivity contribution in [3.63, 3.8) is 0 Å². The Morgan fingerprint density at radius 2 is 2.04 bits per heavy atom. The zero-order valence-electron chi connectivity index (χ0n) is 12.9. The molecule has 2 heterocycles. The first-order valence-electron chi connectivity index (χ1n) is 7.24. The molecule has 0 aliphatic heterocycles. The second-order valence-electron chi connectivity index (χ2n) is 5.13. The Morgan fingerprint density at radius 1 is 1.26 bits per heavy atom. The minimum Gasteiger partial charge on any atom is -0.366 e. The number of hydrogen-bond acceptors (Lipinski definition) is 5. The maximum atomic E-state index is 13.0. The Balaban J connectivity index is 2.21. The number of nitrogens with zero attached hydrogens (tertiary/aromatic N) is 3. The highest BCUT2D eigenvalue weighted by Crippen LogP contribution is 2.29. The highest BCUT2D eigenvalue weighted by molar-refractivity contribution is 5.44. The zero-order valence-corrected chi connectivity index (χ0v) is 12.9. The van der Waals surface area contributed by atoms with Gasteiger partial charge in [-0.25, -0.2) is 4.98 Å². The molecule has 2 aromatic heterocycles. The van der Waals surface area contributed by atoms with E-state index in [0.717, 1.165) is 18.1 Å². The maximum Gasteiger partial charge on any atom is 0.433 e. The summed E-state index contributed by atoms with van der Waals surface area (Å²) in [5.74, 6) is 0.0739. The minimum absolute atomic E-state index is 0.0235. The lowest BCUT2D eigenvalue weighted by atomic mass is 10.2. The van der Waals surface area contributed by atoms with E-state index in [0.29, 0.717) is 6.54 Å². The van der Waals surface area contributed by atoms with Gasteiger partial charge in [0.15, 0.2) is 5.69 Å². The SMILES string of the molecule is CC[C@@H](C)Nc1nc(NCc2cccnc2)cc(C(F)(F)F)n1. The molecule has 5 nitrogen and oxygen atoms in total. The molecule has 0 spiro atoms. The molecule has 124 valence electrons. The molecule has 0 aromatic carbocycles. The highest BCUT2D eigenvalue weighted by Gasteiger charge is 2.33. The van der Waals surface area contributed by atoms with Gasteiger partial charge in [0.2, 0.25) is 5.95 Å². The van der Waals surface area contributed by atoms with E-state index in [-0.39, 0.29) is 17.8 Å². The summed E-state index contributed by atoms with van der Waals surface area (Å²) in [5, 5.41) is 5.74. The van der Waals surface area contributed by atoms with Crippen molar-refractivity contribution < 1.29 is 13.2 Å². The Kier molecular flexibility index (Phi) is 5.36. The van der Waals surface area contributed by atoms with Crippen molar-refractivity contribution in [3.05, 3.63) is 41.9 Å². The van der Waals surface area contributed by atoms with Crippen molar-refractivity contribution in [1.82, 2.24) is 15.0 Å². The minimum atomic E-state index is -4.53. The van der Waals surface area contributed by atoms with E-state index in [1.807, 2.05) is 19.9 Å². The molecule has 0 aliphatic carbocycles. The summed E-state index contributed by atoms with van der Waals surface area (Å²) in [5.41, 5.74) is -0.136. The summed E-state index contributed by atoms with van der Waals surface area (Å²) < 4.78 is 38.9. The van der Waals surface area contributed by atoms with E-state index in [1.54, 1.807) is 18.5 Å². The van der Waals surface area contributed by atoms with Gasteiger partial charge in [-0.2, -0.15) is 18.2 Å². The fraction of sp³-hybridized carbons (Fsp3) is 0.400. The molecule has 2 rings (SSSR count). The molecule has 8 heteroatoms. The standard InChI is InChI=1S/C15H18F3N5/c1-3-10(2)21-14-22-12(15(16,17)18)7-13(23-14)20-9-11-5-4-6-19-8-11/h4-8,10H,3,9H2,1-2H3,(H2,20,21,22,23)/t10-/m1/s1. The molecular weight excluding hydrogens is 307 g/mol. The summed E-state index contributed by atoms with van der Waals surface area (Å²) in [7, 11) is 0. The molecule has 0 saturated heterocycles. The van der Waals surface area contributed by atoms with E-state index in [1.165, 1.54) is 0 Å². The first kappa shape index (κ1) is 17.0. The van der Waals surface area contributed by atoms with Gasteiger partial charge in [0.1, 0.15) is 5.82 Å². The number of alkyl halides is 3. The van der Waals surface area contributed by atoms with Crippen LogP contribution < -0.4 is 10.6 Å². The third-order valence-corrected chi connectivity index (χ3v) is 3.20. The van der Waals surface area contributed by atoms with Gasteiger partial charge in [-0.1, -0.05) is 13.0 Å². The van der Waals surface area contributed by atoms with Crippen LogP contribution in [0, 0.1) is 0 Å². The predicted octanol–water partition coefficient (Wildman–Crippen LogP) is 3.71. The van der Waals surface area contributed by atoms with Crippen molar-refractivity contribution in [2.45, 2.75) is 39.0 Å². The largest absolute Gasteiger partial charge is 0.433 e. The highest BCUT2D eigenvalue weighted by atomic mass is 19.4. The second-order valence-corrected chi connectivity index (χ2v) is 5.13. The summed E-state index contributed by atoms with van der Waals surface area (Å²) in [6, 6.07) is 4.46. The molecule has 0 unspecified atom stereocenters. The van der Waals surface area contributed by atoms with Crippen LogP contribution >= 0.6 is 0 Å². The normalized spacial score (nSPS) is 12.7. The number of rotatable bonds is 6. The smallest absolute Gasteiger partial charge is 0.366 e. The van der Waals surface area contributed by atoms with Gasteiger partial charge < -0.3 is 10.6 Å². The van der Waals surface area contributed by atoms with E-state index in [9.17, 15) is 13.2 Å². The zero-order chi connectivity index (χ0) is 16.9. The number of nitrogens with one attached hydrogen (secondary N) is 2. The molecule has 0 bridgehead atoms. The summed E-state index contributed by atoms with van der Waals surface area (Å²) in [6.45, 7) is 4.10. The Labute approximate surface area is 132 Å². The van der Waals surface area contributed by atoms with Gasteiger partial charge >= 0.3 is 6.18 Å². The van der Waals surface area contributed by atoms with Crippen molar-refractivity contribution in [2.24, 2.45) is 0 Å². The average Bonchev–Trinajstić information content (AvgIpc) is 2.53. The summed E-state index contributed by atoms with van der Waals surface area (Å²) in [4.78, 5) is 11.6. The van der Waals surface area contributed by atoms with Gasteiger partial charge in [-0.15, -0.1) is 0 Å². The van der Waals surface area contributed by atoms with E-state index < -0.39 is 11.9 Å². The number of aromatic nitrogens is 3. The van der Waals surface area contributed by atoms with Crippen LogP contribution in [0.2, 0.25) is 0 Å². The van der Waals surface area contributed by atoms with Crippen molar-refractivity contribution in [3.8, 4) is 0 Å². The Bertz CT molecular complexity index is 631. The van der Waals surface area contributed by atoms with Gasteiger partial charge in [0, 0.05) is 31.0 Å². The van der Waals surface area contributed by atoms with Gasteiger partial charge in [0.05, 0.1) is 0 Å². The van der Waals surface area contributed by atoms with Crippen molar-refractivity contribution >= 4 is 11.8 Å². The van der Waals surface area contributed by atoms with Crippen LogP contribution in [0.1, 0.15) is 31.5 Å². The summed E-state index contributed by atoms with van der Waals surface area (Å²) >= 11 is 0. The summed E-state index contributed by atoms with van der Waals surface area (Å²) in [6.07, 6.45) is -0.515. The molecule has 23 heavy (non-hydrogen) atoms. The van der Waals surface area contributed by atoms with Crippen LogP contribution in [0.3, 0.4) is 0 Å². The monoisotopic (exact) mass is 325 g/mol. The molecule has 0 amide bonds. The lowest BCUT2D eigenvalue weighted by Gasteiger charge is -2.15. The third-order valence-electron chi connectivity index (χ3n) is 3.20. The molecular formula is C15H18F3N5. The molecule has 0 radical (unpaired) electrons. The fourth-order valence-electron chi connectivity index (χ4n) is 1.77. The lowest BCUT2D eigenvalue weighted by molar-refractivity contribution is -0.141. The third kappa shape index (κ3) is 5.08. The number of anilines is 2. The fourth-order valence-corrected chi connectivity index (χ4v) is 1.77. The van der Waals surface area contributed by atoms with Gasteiger partial charge in [-0.05, 0) is 25.0 Å². The average molecular weight is 325 g/mol. The van der Waals surface area contributed by atoms with Crippen LogP contribution in [0.15, 0.2) is 30.6 Å². The number of pyridine rings is 1. The molecule has 1 atom stereocenters.